The molecule has 2 atom stereocenters. The molecular weight excluding hydrogens is 304 g/mol. The Labute approximate surface area is 144 Å². The van der Waals surface area contributed by atoms with Gasteiger partial charge in [-0.25, -0.2) is 0 Å². The van der Waals surface area contributed by atoms with Crippen molar-refractivity contribution in [2.75, 3.05) is 52.7 Å². The van der Waals surface area contributed by atoms with Gasteiger partial charge in [0.2, 0.25) is 6.79 Å². The molecule has 0 radical (unpaired) electrons. The monoisotopic (exact) mass is 332 g/mol. The fourth-order valence-electron chi connectivity index (χ4n) is 4.39. The summed E-state index contributed by atoms with van der Waals surface area (Å²) in [6, 6.07) is 6.98. The third-order valence-corrected chi connectivity index (χ3v) is 5.60. The first kappa shape index (κ1) is 16.2. The van der Waals surface area contributed by atoms with Crippen LogP contribution >= 0.6 is 0 Å². The van der Waals surface area contributed by atoms with Crippen molar-refractivity contribution in [3.8, 4) is 11.5 Å². The Balaban J connectivity index is 1.56. The van der Waals surface area contributed by atoms with Crippen LogP contribution < -0.4 is 9.47 Å². The Kier molecular flexibility index (Phi) is 4.92. The minimum Gasteiger partial charge on any atom is -0.454 e. The highest BCUT2D eigenvalue weighted by atomic mass is 16.7. The Morgan fingerprint density at radius 1 is 1.08 bits per heavy atom. The first-order valence-electron chi connectivity index (χ1n) is 9.29. The van der Waals surface area contributed by atoms with Gasteiger partial charge in [0.05, 0.1) is 13.2 Å². The van der Waals surface area contributed by atoms with Gasteiger partial charge < -0.3 is 14.2 Å². The standard InChI is InChI=1S/C19H28N2O3/c1-2-21-7-3-4-16(13-20-8-10-22-11-9-20)19(21)15-5-6-17-18(12-15)24-14-23-17/h5-6,12,16,19H,2-4,7-11,13-14H2,1H3. The lowest BCUT2D eigenvalue weighted by Gasteiger charge is -2.43. The fraction of sp³-hybridized carbons (Fsp3) is 0.684. The van der Waals surface area contributed by atoms with E-state index >= 15 is 0 Å². The van der Waals surface area contributed by atoms with Crippen molar-refractivity contribution in [3.05, 3.63) is 23.8 Å². The molecule has 4 rings (SSSR count). The molecule has 0 aliphatic carbocycles. The van der Waals surface area contributed by atoms with Crippen LogP contribution in [0.2, 0.25) is 0 Å². The van der Waals surface area contributed by atoms with Crippen molar-refractivity contribution in [2.45, 2.75) is 25.8 Å². The van der Waals surface area contributed by atoms with Crippen LogP contribution in [0.15, 0.2) is 18.2 Å². The summed E-state index contributed by atoms with van der Waals surface area (Å²) in [4.78, 5) is 5.21. The number of hydrogen-bond donors (Lipinski definition) is 0. The predicted molar refractivity (Wildman–Crippen MR) is 92.5 cm³/mol. The Morgan fingerprint density at radius 3 is 2.75 bits per heavy atom. The zero-order valence-electron chi connectivity index (χ0n) is 14.6. The summed E-state index contributed by atoms with van der Waals surface area (Å²) in [5.41, 5.74) is 1.37. The Bertz CT molecular complexity index is 560. The fourth-order valence-corrected chi connectivity index (χ4v) is 4.39. The van der Waals surface area contributed by atoms with E-state index in [4.69, 9.17) is 14.2 Å². The number of likely N-dealkylation sites (tertiary alicyclic amines) is 1. The van der Waals surface area contributed by atoms with Gasteiger partial charge in [-0.05, 0) is 49.5 Å². The number of piperidine rings is 1. The van der Waals surface area contributed by atoms with E-state index in [2.05, 4.69) is 34.9 Å². The van der Waals surface area contributed by atoms with Crippen molar-refractivity contribution in [1.82, 2.24) is 9.80 Å². The molecule has 0 N–H and O–H groups in total. The van der Waals surface area contributed by atoms with Crippen LogP contribution in [0, 0.1) is 5.92 Å². The second kappa shape index (κ2) is 7.30. The summed E-state index contributed by atoms with van der Waals surface area (Å²) in [7, 11) is 0. The maximum Gasteiger partial charge on any atom is 0.231 e. The number of morpholine rings is 1. The molecule has 2 saturated heterocycles. The van der Waals surface area contributed by atoms with Crippen LogP contribution in [0.1, 0.15) is 31.4 Å². The molecule has 3 aliphatic rings. The molecule has 2 unspecified atom stereocenters. The molecular formula is C19H28N2O3. The smallest absolute Gasteiger partial charge is 0.231 e. The van der Waals surface area contributed by atoms with Gasteiger partial charge in [-0.15, -0.1) is 0 Å². The minimum absolute atomic E-state index is 0.345. The molecule has 2 fully saturated rings. The maximum absolute atomic E-state index is 5.62. The van der Waals surface area contributed by atoms with Gasteiger partial charge in [0.1, 0.15) is 0 Å². The normalized spacial score (nSPS) is 28.2. The summed E-state index contributed by atoms with van der Waals surface area (Å²) in [5, 5.41) is 0. The van der Waals surface area contributed by atoms with Crippen molar-refractivity contribution in [3.63, 3.8) is 0 Å². The number of nitrogens with zero attached hydrogens (tertiary/aromatic N) is 2. The molecule has 24 heavy (non-hydrogen) atoms. The van der Waals surface area contributed by atoms with Gasteiger partial charge in [0.25, 0.3) is 0 Å². The minimum atomic E-state index is 0.345. The van der Waals surface area contributed by atoms with E-state index in [-0.39, 0.29) is 0 Å². The molecule has 5 nitrogen and oxygen atoms in total. The van der Waals surface area contributed by atoms with Gasteiger partial charge >= 0.3 is 0 Å². The number of ether oxygens (including phenoxy) is 3. The molecule has 0 bridgehead atoms. The SMILES string of the molecule is CCN1CCCC(CN2CCOCC2)C1c1ccc2c(c1)OCO2. The Morgan fingerprint density at radius 2 is 1.92 bits per heavy atom. The van der Waals surface area contributed by atoms with Gasteiger partial charge in [0.15, 0.2) is 11.5 Å². The number of hydrogen-bond acceptors (Lipinski definition) is 5. The molecule has 132 valence electrons. The number of fused-ring (bicyclic) bond motifs is 1. The van der Waals surface area contributed by atoms with Crippen LogP contribution in [0.5, 0.6) is 11.5 Å². The van der Waals surface area contributed by atoms with Gasteiger partial charge in [-0.2, -0.15) is 0 Å². The molecule has 1 aromatic rings. The average Bonchev–Trinajstić information content (AvgIpc) is 3.10. The Hall–Kier alpha value is -1.30. The first-order valence-corrected chi connectivity index (χ1v) is 9.29. The zero-order valence-corrected chi connectivity index (χ0v) is 14.6. The van der Waals surface area contributed by atoms with E-state index in [0.29, 0.717) is 18.8 Å². The van der Waals surface area contributed by atoms with Crippen LogP contribution in [0.25, 0.3) is 0 Å². The lowest BCUT2D eigenvalue weighted by Crippen LogP contribution is -2.46. The highest BCUT2D eigenvalue weighted by molar-refractivity contribution is 5.45. The highest BCUT2D eigenvalue weighted by Crippen LogP contribution is 2.41. The molecule has 0 aromatic heterocycles. The van der Waals surface area contributed by atoms with Crippen molar-refractivity contribution < 1.29 is 14.2 Å². The van der Waals surface area contributed by atoms with Gasteiger partial charge in [0, 0.05) is 25.7 Å². The van der Waals surface area contributed by atoms with Crippen molar-refractivity contribution in [2.24, 2.45) is 5.92 Å². The summed E-state index contributed by atoms with van der Waals surface area (Å²) in [6.45, 7) is 9.95. The third-order valence-electron chi connectivity index (χ3n) is 5.60. The predicted octanol–water partition coefficient (Wildman–Crippen LogP) is 2.52. The number of benzene rings is 1. The second-order valence-electron chi connectivity index (χ2n) is 7.00. The molecule has 1 aromatic carbocycles. The second-order valence-corrected chi connectivity index (χ2v) is 7.00. The van der Waals surface area contributed by atoms with Crippen molar-refractivity contribution in [1.29, 1.82) is 0 Å². The van der Waals surface area contributed by atoms with E-state index in [1.165, 1.54) is 31.5 Å². The number of rotatable bonds is 4. The van der Waals surface area contributed by atoms with E-state index < -0.39 is 0 Å². The van der Waals surface area contributed by atoms with Gasteiger partial charge in [-0.1, -0.05) is 13.0 Å². The van der Waals surface area contributed by atoms with Crippen LogP contribution in [-0.2, 0) is 4.74 Å². The van der Waals surface area contributed by atoms with E-state index in [1.807, 2.05) is 0 Å². The molecule has 0 saturated carbocycles. The zero-order chi connectivity index (χ0) is 16.4. The van der Waals surface area contributed by atoms with Gasteiger partial charge in [-0.3, -0.25) is 9.80 Å². The maximum atomic E-state index is 5.62. The molecule has 0 spiro atoms. The lowest BCUT2D eigenvalue weighted by atomic mass is 9.84. The largest absolute Gasteiger partial charge is 0.454 e. The summed E-state index contributed by atoms with van der Waals surface area (Å²) < 4.78 is 16.6. The van der Waals surface area contributed by atoms with Crippen LogP contribution in [-0.4, -0.2) is 62.5 Å². The van der Waals surface area contributed by atoms with E-state index in [1.54, 1.807) is 0 Å². The summed E-state index contributed by atoms with van der Waals surface area (Å²) in [5.74, 6) is 2.44. The third kappa shape index (κ3) is 3.25. The molecule has 3 heterocycles. The van der Waals surface area contributed by atoms with E-state index in [9.17, 15) is 0 Å². The summed E-state index contributed by atoms with van der Waals surface area (Å²) >= 11 is 0. The molecule has 3 aliphatic heterocycles. The van der Waals surface area contributed by atoms with Crippen molar-refractivity contribution >= 4 is 0 Å². The highest BCUT2D eigenvalue weighted by Gasteiger charge is 2.34. The van der Waals surface area contributed by atoms with Crippen LogP contribution in [0.4, 0.5) is 0 Å². The van der Waals surface area contributed by atoms with E-state index in [0.717, 1.165) is 44.3 Å². The molecule has 5 heteroatoms. The summed E-state index contributed by atoms with van der Waals surface area (Å²) in [6.07, 6.45) is 2.59. The first-order chi connectivity index (χ1) is 11.8. The average molecular weight is 332 g/mol. The lowest BCUT2D eigenvalue weighted by molar-refractivity contribution is 0.00963. The molecule has 0 amide bonds. The topological polar surface area (TPSA) is 34.2 Å². The quantitative estimate of drug-likeness (QED) is 0.846. The van der Waals surface area contributed by atoms with Crippen LogP contribution in [0.3, 0.4) is 0 Å².